The first kappa shape index (κ1) is 17.6. The van der Waals surface area contributed by atoms with Gasteiger partial charge in [-0.2, -0.15) is 5.10 Å². The fourth-order valence-corrected chi connectivity index (χ4v) is 2.84. The molecule has 1 aromatic carbocycles. The zero-order valence-electron chi connectivity index (χ0n) is 15.3. The largest absolute Gasteiger partial charge is 0.367 e. The van der Waals surface area contributed by atoms with E-state index in [0.717, 1.165) is 16.5 Å². The van der Waals surface area contributed by atoms with Gasteiger partial charge in [-0.25, -0.2) is 4.68 Å². The molecule has 0 spiro atoms. The third-order valence-electron chi connectivity index (χ3n) is 4.21. The minimum atomic E-state index is -0.200. The zero-order valence-corrected chi connectivity index (χ0v) is 15.3. The van der Waals surface area contributed by atoms with E-state index in [0.29, 0.717) is 30.4 Å². The Labute approximate surface area is 161 Å². The molecule has 8 nitrogen and oxygen atoms in total. The zero-order chi connectivity index (χ0) is 19.3. The number of carbonyl (C=O) groups excluding carboxylic acids is 1. The topological polar surface area (TPSA) is 97.6 Å². The molecule has 0 saturated carbocycles. The van der Waals surface area contributed by atoms with Crippen molar-refractivity contribution in [3.8, 4) is 5.82 Å². The molecule has 0 bridgehead atoms. The van der Waals surface area contributed by atoms with Crippen molar-refractivity contribution in [3.05, 3.63) is 72.3 Å². The van der Waals surface area contributed by atoms with Crippen LogP contribution in [0.3, 0.4) is 0 Å². The van der Waals surface area contributed by atoms with E-state index >= 15 is 0 Å². The number of amides is 1. The maximum absolute atomic E-state index is 12.4. The standard InChI is InChI=1S/C20H19N7O/c1-14-9-13-27(26-14)18-7-6-17(24-25-18)21-11-12-23-20(28)19-16-5-3-2-4-15(16)8-10-22-19/h2-10,13H,11-12H2,1H3,(H,21,24)(H,23,28). The van der Waals surface area contributed by atoms with Crippen LogP contribution in [0.25, 0.3) is 16.6 Å². The van der Waals surface area contributed by atoms with E-state index in [9.17, 15) is 4.79 Å². The SMILES string of the molecule is Cc1ccn(-c2ccc(NCCNC(=O)c3nccc4ccccc34)nn2)n1. The molecule has 3 aromatic heterocycles. The number of aryl methyl sites for hydroxylation is 1. The van der Waals surface area contributed by atoms with Crippen LogP contribution in [0.5, 0.6) is 0 Å². The summed E-state index contributed by atoms with van der Waals surface area (Å²) in [5, 5.41) is 20.4. The fraction of sp³-hybridized carbons (Fsp3) is 0.150. The Balaban J connectivity index is 1.31. The molecule has 0 aliphatic rings. The van der Waals surface area contributed by atoms with Crippen LogP contribution < -0.4 is 10.6 Å². The number of nitrogens with one attached hydrogen (secondary N) is 2. The van der Waals surface area contributed by atoms with Crippen LogP contribution in [-0.2, 0) is 0 Å². The summed E-state index contributed by atoms with van der Waals surface area (Å²) in [5.74, 6) is 1.08. The molecule has 1 amide bonds. The summed E-state index contributed by atoms with van der Waals surface area (Å²) in [4.78, 5) is 16.7. The quantitative estimate of drug-likeness (QED) is 0.504. The van der Waals surface area contributed by atoms with Crippen molar-refractivity contribution in [2.24, 2.45) is 0 Å². The van der Waals surface area contributed by atoms with E-state index in [4.69, 9.17) is 0 Å². The Kier molecular flexibility index (Phi) is 4.92. The van der Waals surface area contributed by atoms with E-state index in [1.54, 1.807) is 10.9 Å². The van der Waals surface area contributed by atoms with E-state index < -0.39 is 0 Å². The Morgan fingerprint density at radius 1 is 1.04 bits per heavy atom. The number of aromatic nitrogens is 5. The molecule has 0 saturated heterocycles. The van der Waals surface area contributed by atoms with Gasteiger partial charge in [0.1, 0.15) is 11.5 Å². The lowest BCUT2D eigenvalue weighted by Gasteiger charge is -2.08. The maximum atomic E-state index is 12.4. The van der Waals surface area contributed by atoms with Gasteiger partial charge in [-0.05, 0) is 36.6 Å². The number of benzene rings is 1. The van der Waals surface area contributed by atoms with Crippen molar-refractivity contribution < 1.29 is 4.79 Å². The highest BCUT2D eigenvalue weighted by molar-refractivity contribution is 6.05. The second-order valence-electron chi connectivity index (χ2n) is 6.24. The number of pyridine rings is 1. The summed E-state index contributed by atoms with van der Waals surface area (Å²) in [6, 6.07) is 15.1. The minimum Gasteiger partial charge on any atom is -0.367 e. The predicted molar refractivity (Wildman–Crippen MR) is 106 cm³/mol. The van der Waals surface area contributed by atoms with Crippen molar-refractivity contribution in [1.82, 2.24) is 30.3 Å². The lowest BCUT2D eigenvalue weighted by atomic mass is 10.1. The Morgan fingerprint density at radius 2 is 1.93 bits per heavy atom. The molecule has 8 heteroatoms. The molecule has 2 N–H and O–H groups in total. The Hall–Kier alpha value is -3.81. The van der Waals surface area contributed by atoms with E-state index in [2.05, 4.69) is 30.9 Å². The third kappa shape index (κ3) is 3.80. The van der Waals surface area contributed by atoms with Gasteiger partial charge in [0.05, 0.1) is 5.69 Å². The predicted octanol–water partition coefficient (Wildman–Crippen LogP) is 2.36. The van der Waals surface area contributed by atoms with E-state index in [-0.39, 0.29) is 5.91 Å². The molecule has 140 valence electrons. The lowest BCUT2D eigenvalue weighted by Crippen LogP contribution is -2.29. The molecule has 4 aromatic rings. The Bertz CT molecular complexity index is 1100. The van der Waals surface area contributed by atoms with Crippen LogP contribution in [0.4, 0.5) is 5.82 Å². The van der Waals surface area contributed by atoms with Crippen LogP contribution in [-0.4, -0.2) is 44.0 Å². The number of fused-ring (bicyclic) bond motifs is 1. The fourth-order valence-electron chi connectivity index (χ4n) is 2.84. The molecule has 0 radical (unpaired) electrons. The molecular weight excluding hydrogens is 354 g/mol. The summed E-state index contributed by atoms with van der Waals surface area (Å²) in [5.41, 5.74) is 1.34. The second kappa shape index (κ2) is 7.83. The van der Waals surface area contributed by atoms with Crippen LogP contribution in [0.15, 0.2) is 60.9 Å². The van der Waals surface area contributed by atoms with Crippen LogP contribution in [0.1, 0.15) is 16.2 Å². The van der Waals surface area contributed by atoms with Gasteiger partial charge in [0.25, 0.3) is 5.91 Å². The van der Waals surface area contributed by atoms with E-state index in [1.807, 2.05) is 61.7 Å². The Morgan fingerprint density at radius 3 is 2.71 bits per heavy atom. The first-order valence-electron chi connectivity index (χ1n) is 8.93. The van der Waals surface area contributed by atoms with Crippen LogP contribution in [0.2, 0.25) is 0 Å². The van der Waals surface area contributed by atoms with Gasteiger partial charge in [0, 0.05) is 30.9 Å². The summed E-state index contributed by atoms with van der Waals surface area (Å²) < 4.78 is 1.67. The highest BCUT2D eigenvalue weighted by atomic mass is 16.1. The van der Waals surface area contributed by atoms with Crippen molar-refractivity contribution >= 4 is 22.5 Å². The summed E-state index contributed by atoms with van der Waals surface area (Å²) in [7, 11) is 0. The van der Waals surface area contributed by atoms with Gasteiger partial charge in [0.15, 0.2) is 5.82 Å². The normalized spacial score (nSPS) is 10.8. The first-order valence-corrected chi connectivity index (χ1v) is 8.93. The average Bonchev–Trinajstić information content (AvgIpc) is 3.17. The lowest BCUT2D eigenvalue weighted by molar-refractivity contribution is 0.0952. The van der Waals surface area contributed by atoms with Crippen molar-refractivity contribution in [2.75, 3.05) is 18.4 Å². The first-order chi connectivity index (χ1) is 13.7. The van der Waals surface area contributed by atoms with Crippen molar-refractivity contribution in [1.29, 1.82) is 0 Å². The molecule has 0 atom stereocenters. The molecule has 3 heterocycles. The third-order valence-corrected chi connectivity index (χ3v) is 4.21. The van der Waals surface area contributed by atoms with Crippen LogP contribution in [0, 0.1) is 6.92 Å². The smallest absolute Gasteiger partial charge is 0.270 e. The monoisotopic (exact) mass is 373 g/mol. The number of hydrogen-bond acceptors (Lipinski definition) is 6. The molecule has 0 fully saturated rings. The minimum absolute atomic E-state index is 0.200. The maximum Gasteiger partial charge on any atom is 0.270 e. The summed E-state index contributed by atoms with van der Waals surface area (Å²) >= 11 is 0. The van der Waals surface area contributed by atoms with E-state index in [1.165, 1.54) is 0 Å². The molecule has 0 unspecified atom stereocenters. The molecular formula is C20H19N7O. The van der Waals surface area contributed by atoms with Gasteiger partial charge in [0.2, 0.25) is 0 Å². The molecule has 0 aliphatic carbocycles. The van der Waals surface area contributed by atoms with Gasteiger partial charge >= 0.3 is 0 Å². The highest BCUT2D eigenvalue weighted by Crippen LogP contribution is 2.16. The number of rotatable bonds is 6. The van der Waals surface area contributed by atoms with Crippen LogP contribution >= 0.6 is 0 Å². The summed E-state index contributed by atoms with van der Waals surface area (Å²) in [6.45, 7) is 2.87. The molecule has 4 rings (SSSR count). The summed E-state index contributed by atoms with van der Waals surface area (Å²) in [6.07, 6.45) is 3.48. The average molecular weight is 373 g/mol. The number of carbonyl (C=O) groups is 1. The molecule has 28 heavy (non-hydrogen) atoms. The second-order valence-corrected chi connectivity index (χ2v) is 6.24. The van der Waals surface area contributed by atoms with Gasteiger partial charge in [-0.15, -0.1) is 10.2 Å². The molecule has 0 aliphatic heterocycles. The number of hydrogen-bond donors (Lipinski definition) is 2. The highest BCUT2D eigenvalue weighted by Gasteiger charge is 2.10. The number of anilines is 1. The van der Waals surface area contributed by atoms with Gasteiger partial charge in [-0.3, -0.25) is 9.78 Å². The van der Waals surface area contributed by atoms with Gasteiger partial charge in [-0.1, -0.05) is 24.3 Å². The number of nitrogens with zero attached hydrogens (tertiary/aromatic N) is 5. The van der Waals surface area contributed by atoms with Gasteiger partial charge < -0.3 is 10.6 Å². The van der Waals surface area contributed by atoms with Crippen molar-refractivity contribution in [3.63, 3.8) is 0 Å². The van der Waals surface area contributed by atoms with Crippen molar-refractivity contribution in [2.45, 2.75) is 6.92 Å².